The van der Waals surface area contributed by atoms with Gasteiger partial charge in [-0.05, 0) is 17.5 Å². The van der Waals surface area contributed by atoms with Crippen molar-refractivity contribution in [2.75, 3.05) is 6.54 Å². The minimum Gasteiger partial charge on any atom is -0.355 e. The monoisotopic (exact) mass is 395 g/mol. The van der Waals surface area contributed by atoms with Gasteiger partial charge in [-0.3, -0.25) is 14.9 Å². The third-order valence-corrected chi connectivity index (χ3v) is 5.45. The summed E-state index contributed by atoms with van der Waals surface area (Å²) in [5, 5.41) is 16.8. The van der Waals surface area contributed by atoms with Crippen molar-refractivity contribution >= 4 is 22.9 Å². The van der Waals surface area contributed by atoms with Crippen LogP contribution < -0.4 is 5.32 Å². The molecule has 0 saturated carbocycles. The number of hydrogen-bond acceptors (Lipinski definition) is 5. The van der Waals surface area contributed by atoms with Crippen LogP contribution in [0.4, 0.5) is 5.69 Å². The zero-order valence-electron chi connectivity index (χ0n) is 15.5. The minimum absolute atomic E-state index is 0.0454. The number of amides is 1. The lowest BCUT2D eigenvalue weighted by molar-refractivity contribution is -0.384. The van der Waals surface area contributed by atoms with E-state index >= 15 is 0 Å². The molecule has 1 N–H and O–H groups in total. The van der Waals surface area contributed by atoms with E-state index in [1.807, 2.05) is 42.6 Å². The molecule has 1 amide bonds. The molecule has 0 aliphatic rings. The third kappa shape index (κ3) is 5.01. The third-order valence-electron chi connectivity index (χ3n) is 4.45. The highest BCUT2D eigenvalue weighted by atomic mass is 32.1. The van der Waals surface area contributed by atoms with Crippen molar-refractivity contribution in [1.82, 2.24) is 10.3 Å². The van der Waals surface area contributed by atoms with Gasteiger partial charge >= 0.3 is 0 Å². The number of nitrogens with one attached hydrogen (secondary N) is 1. The van der Waals surface area contributed by atoms with Crippen LogP contribution in [0, 0.1) is 10.1 Å². The van der Waals surface area contributed by atoms with E-state index in [9.17, 15) is 14.9 Å². The Hall–Kier alpha value is -3.06. The summed E-state index contributed by atoms with van der Waals surface area (Å²) < 4.78 is 0. The van der Waals surface area contributed by atoms with Gasteiger partial charge in [0.25, 0.3) is 5.69 Å². The van der Waals surface area contributed by atoms with Crippen molar-refractivity contribution in [3.05, 3.63) is 91.9 Å². The summed E-state index contributed by atoms with van der Waals surface area (Å²) in [6.07, 6.45) is 1.15. The number of aromatic nitrogens is 1. The highest BCUT2D eigenvalue weighted by Gasteiger charge is 2.20. The average molecular weight is 395 g/mol. The van der Waals surface area contributed by atoms with Crippen molar-refractivity contribution in [2.24, 2.45) is 0 Å². The van der Waals surface area contributed by atoms with Crippen LogP contribution in [0.2, 0.25) is 0 Å². The van der Waals surface area contributed by atoms with Crippen molar-refractivity contribution in [1.29, 1.82) is 0 Å². The summed E-state index contributed by atoms with van der Waals surface area (Å²) in [4.78, 5) is 27.5. The molecular weight excluding hydrogens is 374 g/mol. The number of carbonyl (C=O) groups excluding carboxylic acids is 1. The van der Waals surface area contributed by atoms with Crippen LogP contribution in [0.25, 0.3) is 0 Å². The summed E-state index contributed by atoms with van der Waals surface area (Å²) >= 11 is 1.55. The van der Waals surface area contributed by atoms with Gasteiger partial charge in [-0.25, -0.2) is 4.98 Å². The molecule has 0 bridgehead atoms. The van der Waals surface area contributed by atoms with E-state index in [0.717, 1.165) is 28.2 Å². The van der Waals surface area contributed by atoms with Crippen molar-refractivity contribution in [3.63, 3.8) is 0 Å². The predicted octanol–water partition coefficient (Wildman–Crippen LogP) is 4.10. The summed E-state index contributed by atoms with van der Waals surface area (Å²) in [7, 11) is 0. The fourth-order valence-electron chi connectivity index (χ4n) is 2.88. The number of aryl methyl sites for hydroxylation is 1. The standard InChI is InChI=1S/C21H21N3O3S/c1-2-17-14-28-21(23-17)19(16-8-10-18(11-9-16)24(26)27)13-22-20(25)12-15-6-4-3-5-7-15/h3-11,14,19H,2,12-13H2,1H3,(H,22,25). The number of nitro benzene ring substituents is 1. The molecule has 0 radical (unpaired) electrons. The minimum atomic E-state index is -0.418. The Bertz CT molecular complexity index is 939. The van der Waals surface area contributed by atoms with Crippen molar-refractivity contribution in [2.45, 2.75) is 25.7 Å². The number of nitro groups is 1. The number of rotatable bonds is 8. The Morgan fingerprint density at radius 2 is 1.89 bits per heavy atom. The van der Waals surface area contributed by atoms with E-state index in [2.05, 4.69) is 10.3 Å². The molecule has 0 spiro atoms. The van der Waals surface area contributed by atoms with Crippen LogP contribution >= 0.6 is 11.3 Å². The van der Waals surface area contributed by atoms with Gasteiger partial charge in [0.05, 0.1) is 23.0 Å². The molecule has 1 atom stereocenters. The van der Waals surface area contributed by atoms with Gasteiger partial charge in [0.15, 0.2) is 0 Å². The van der Waals surface area contributed by atoms with Crippen LogP contribution in [0.3, 0.4) is 0 Å². The van der Waals surface area contributed by atoms with Crippen LogP contribution in [-0.2, 0) is 17.6 Å². The van der Waals surface area contributed by atoms with E-state index in [4.69, 9.17) is 0 Å². The summed E-state index contributed by atoms with van der Waals surface area (Å²) in [6.45, 7) is 2.43. The van der Waals surface area contributed by atoms with Crippen LogP contribution in [0.15, 0.2) is 60.0 Å². The predicted molar refractivity (Wildman–Crippen MR) is 110 cm³/mol. The molecule has 2 aromatic carbocycles. The number of benzene rings is 2. The lowest BCUT2D eigenvalue weighted by Crippen LogP contribution is -2.30. The Balaban J connectivity index is 1.76. The quantitative estimate of drug-likeness (QED) is 0.459. The number of nitrogens with zero attached hydrogens (tertiary/aromatic N) is 2. The highest BCUT2D eigenvalue weighted by molar-refractivity contribution is 7.09. The van der Waals surface area contributed by atoms with Crippen LogP contribution in [-0.4, -0.2) is 22.4 Å². The molecule has 1 heterocycles. The van der Waals surface area contributed by atoms with E-state index in [0.29, 0.717) is 13.0 Å². The smallest absolute Gasteiger partial charge is 0.269 e. The van der Waals surface area contributed by atoms with E-state index < -0.39 is 4.92 Å². The summed E-state index contributed by atoms with van der Waals surface area (Å²) in [5.41, 5.74) is 2.89. The zero-order chi connectivity index (χ0) is 19.9. The molecule has 0 saturated heterocycles. The zero-order valence-corrected chi connectivity index (χ0v) is 16.3. The first-order valence-corrected chi connectivity index (χ1v) is 9.94. The van der Waals surface area contributed by atoms with Gasteiger partial charge in [0.2, 0.25) is 5.91 Å². The largest absolute Gasteiger partial charge is 0.355 e. The summed E-state index contributed by atoms with van der Waals surface area (Å²) in [6, 6.07) is 16.0. The highest BCUT2D eigenvalue weighted by Crippen LogP contribution is 2.28. The fraction of sp³-hybridized carbons (Fsp3) is 0.238. The maximum absolute atomic E-state index is 12.4. The van der Waals surface area contributed by atoms with Gasteiger partial charge in [0, 0.05) is 24.1 Å². The molecule has 3 aromatic rings. The molecule has 0 fully saturated rings. The normalized spacial score (nSPS) is 11.8. The second-order valence-electron chi connectivity index (χ2n) is 6.40. The second-order valence-corrected chi connectivity index (χ2v) is 7.29. The average Bonchev–Trinajstić information content (AvgIpc) is 3.18. The molecule has 1 aromatic heterocycles. The fourth-order valence-corrected chi connectivity index (χ4v) is 3.91. The van der Waals surface area contributed by atoms with Gasteiger partial charge < -0.3 is 5.32 Å². The number of carbonyl (C=O) groups is 1. The lowest BCUT2D eigenvalue weighted by Gasteiger charge is -2.16. The SMILES string of the molecule is CCc1csc(C(CNC(=O)Cc2ccccc2)c2ccc([N+](=O)[O-])cc2)n1. The molecule has 1 unspecified atom stereocenters. The number of thiazole rings is 1. The lowest BCUT2D eigenvalue weighted by atomic mass is 9.99. The first kappa shape index (κ1) is 19.7. The number of non-ortho nitro benzene ring substituents is 1. The van der Waals surface area contributed by atoms with Gasteiger partial charge in [-0.1, -0.05) is 49.4 Å². The first-order chi connectivity index (χ1) is 13.6. The van der Waals surface area contributed by atoms with Gasteiger partial charge in [-0.15, -0.1) is 11.3 Å². The number of hydrogen-bond donors (Lipinski definition) is 1. The Kier molecular flexibility index (Phi) is 6.49. The van der Waals surface area contributed by atoms with Gasteiger partial charge in [0.1, 0.15) is 5.01 Å². The van der Waals surface area contributed by atoms with E-state index in [1.54, 1.807) is 23.5 Å². The Labute approximate surface area is 167 Å². The maximum Gasteiger partial charge on any atom is 0.269 e. The molecule has 28 heavy (non-hydrogen) atoms. The van der Waals surface area contributed by atoms with Crippen LogP contribution in [0.5, 0.6) is 0 Å². The van der Waals surface area contributed by atoms with Gasteiger partial charge in [-0.2, -0.15) is 0 Å². The first-order valence-electron chi connectivity index (χ1n) is 9.06. The molecule has 3 rings (SSSR count). The molecule has 0 aliphatic carbocycles. The topological polar surface area (TPSA) is 85.1 Å². The second kappa shape index (κ2) is 9.23. The Morgan fingerprint density at radius 1 is 1.18 bits per heavy atom. The molecular formula is C21H21N3O3S. The maximum atomic E-state index is 12.4. The molecule has 144 valence electrons. The van der Waals surface area contributed by atoms with E-state index in [1.165, 1.54) is 12.1 Å². The van der Waals surface area contributed by atoms with E-state index in [-0.39, 0.29) is 17.5 Å². The van der Waals surface area contributed by atoms with Crippen molar-refractivity contribution in [3.8, 4) is 0 Å². The summed E-state index contributed by atoms with van der Waals surface area (Å²) in [5.74, 6) is -0.212. The molecule has 6 nitrogen and oxygen atoms in total. The molecule has 7 heteroatoms. The molecule has 0 aliphatic heterocycles. The van der Waals surface area contributed by atoms with Crippen LogP contribution in [0.1, 0.15) is 34.7 Å². The Morgan fingerprint density at radius 3 is 2.50 bits per heavy atom. The van der Waals surface area contributed by atoms with Crippen molar-refractivity contribution < 1.29 is 9.72 Å².